The third-order valence-electron chi connectivity index (χ3n) is 6.00. The smallest absolute Gasteiger partial charge is 0.264 e. The lowest BCUT2D eigenvalue weighted by molar-refractivity contribution is -0.121. The minimum atomic E-state index is -3.80. The average Bonchev–Trinajstić information content (AvgIpc) is 3.04. The van der Waals surface area contributed by atoms with E-state index in [9.17, 15) is 13.2 Å². The molecular formula is C22H31N3O4S. The van der Waals surface area contributed by atoms with Crippen molar-refractivity contribution in [2.24, 2.45) is 11.8 Å². The summed E-state index contributed by atoms with van der Waals surface area (Å²) in [6.07, 6.45) is 7.82. The SMILES string of the molecule is CCCCC1CCC(C(=O)Nc2ccc(S(=O)(=O)Nc3onc(C)c3C)cc2)CC1. The first-order valence-electron chi connectivity index (χ1n) is 10.7. The number of benzene rings is 1. The van der Waals surface area contributed by atoms with Gasteiger partial charge in [0.25, 0.3) is 10.0 Å². The number of sulfonamides is 1. The molecule has 0 radical (unpaired) electrons. The number of carbonyl (C=O) groups is 1. The van der Waals surface area contributed by atoms with Crippen molar-refractivity contribution in [1.29, 1.82) is 0 Å². The Kier molecular flexibility index (Phi) is 7.18. The highest BCUT2D eigenvalue weighted by Crippen LogP contribution is 2.32. The van der Waals surface area contributed by atoms with Gasteiger partial charge in [0, 0.05) is 17.2 Å². The fourth-order valence-corrected chi connectivity index (χ4v) is 4.91. The highest BCUT2D eigenvalue weighted by Gasteiger charge is 2.26. The maximum atomic E-state index is 12.6. The average molecular weight is 434 g/mol. The number of hydrogen-bond acceptors (Lipinski definition) is 5. The van der Waals surface area contributed by atoms with Crippen molar-refractivity contribution < 1.29 is 17.7 Å². The van der Waals surface area contributed by atoms with Crippen LogP contribution in [0.4, 0.5) is 11.6 Å². The Balaban J connectivity index is 1.56. The summed E-state index contributed by atoms with van der Waals surface area (Å²) in [5.41, 5.74) is 1.87. The second-order valence-electron chi connectivity index (χ2n) is 8.20. The molecular weight excluding hydrogens is 402 g/mol. The maximum absolute atomic E-state index is 12.6. The second-order valence-corrected chi connectivity index (χ2v) is 9.88. The zero-order valence-corrected chi connectivity index (χ0v) is 18.7. The number of aromatic nitrogens is 1. The van der Waals surface area contributed by atoms with Gasteiger partial charge in [0.1, 0.15) is 0 Å². The van der Waals surface area contributed by atoms with Crippen LogP contribution in [0.5, 0.6) is 0 Å². The number of anilines is 2. The van der Waals surface area contributed by atoms with Crippen LogP contribution in [-0.2, 0) is 14.8 Å². The number of carbonyl (C=O) groups excluding carboxylic acids is 1. The monoisotopic (exact) mass is 433 g/mol. The van der Waals surface area contributed by atoms with Crippen LogP contribution < -0.4 is 10.0 Å². The molecule has 1 amide bonds. The number of nitrogens with zero attached hydrogens (tertiary/aromatic N) is 1. The highest BCUT2D eigenvalue weighted by molar-refractivity contribution is 7.92. The van der Waals surface area contributed by atoms with Gasteiger partial charge in [-0.25, -0.2) is 13.1 Å². The van der Waals surface area contributed by atoms with E-state index >= 15 is 0 Å². The molecule has 0 unspecified atom stereocenters. The molecule has 1 aliphatic carbocycles. The molecule has 1 heterocycles. The van der Waals surface area contributed by atoms with E-state index in [2.05, 4.69) is 22.1 Å². The molecule has 8 heteroatoms. The van der Waals surface area contributed by atoms with E-state index in [1.807, 2.05) is 0 Å². The van der Waals surface area contributed by atoms with Crippen LogP contribution in [0.3, 0.4) is 0 Å². The van der Waals surface area contributed by atoms with E-state index in [-0.39, 0.29) is 22.6 Å². The summed E-state index contributed by atoms with van der Waals surface area (Å²) in [5.74, 6) is 0.915. The minimum absolute atomic E-state index is 0.0189. The number of rotatable bonds is 8. The molecule has 3 rings (SSSR count). The zero-order valence-electron chi connectivity index (χ0n) is 17.9. The van der Waals surface area contributed by atoms with Crippen molar-refractivity contribution in [3.63, 3.8) is 0 Å². The number of aryl methyl sites for hydroxylation is 1. The van der Waals surface area contributed by atoms with Crippen molar-refractivity contribution >= 4 is 27.5 Å². The first kappa shape index (κ1) is 22.3. The standard InChI is InChI=1S/C22H31N3O4S/c1-4-5-6-17-7-9-18(10-8-17)21(26)23-19-11-13-20(14-12-19)30(27,28)25-22-15(2)16(3)24-29-22/h11-14,17-18,25H,4-10H2,1-3H3,(H,23,26). The van der Waals surface area contributed by atoms with Gasteiger partial charge in [0.15, 0.2) is 0 Å². The molecule has 1 aliphatic rings. The van der Waals surface area contributed by atoms with E-state index in [0.29, 0.717) is 16.9 Å². The molecule has 30 heavy (non-hydrogen) atoms. The third-order valence-corrected chi connectivity index (χ3v) is 7.35. The van der Waals surface area contributed by atoms with Crippen LogP contribution in [0.2, 0.25) is 0 Å². The molecule has 1 aromatic carbocycles. The molecule has 0 spiro atoms. The first-order valence-corrected chi connectivity index (χ1v) is 12.1. The molecule has 0 bridgehead atoms. The van der Waals surface area contributed by atoms with Gasteiger partial charge in [0.2, 0.25) is 11.8 Å². The van der Waals surface area contributed by atoms with Crippen LogP contribution >= 0.6 is 0 Å². The number of hydrogen-bond donors (Lipinski definition) is 2. The topological polar surface area (TPSA) is 101 Å². The van der Waals surface area contributed by atoms with Gasteiger partial charge < -0.3 is 9.84 Å². The van der Waals surface area contributed by atoms with Gasteiger partial charge >= 0.3 is 0 Å². The Hall–Kier alpha value is -2.35. The number of amides is 1. The van der Waals surface area contributed by atoms with E-state index in [1.165, 1.54) is 31.4 Å². The first-order chi connectivity index (χ1) is 14.3. The summed E-state index contributed by atoms with van der Waals surface area (Å²) in [7, 11) is -3.80. The summed E-state index contributed by atoms with van der Waals surface area (Å²) in [5, 5.41) is 6.68. The van der Waals surface area contributed by atoms with Gasteiger partial charge in [-0.05, 0) is 69.7 Å². The Labute approximate surface area is 178 Å². The zero-order chi connectivity index (χ0) is 21.7. The molecule has 0 atom stereocenters. The van der Waals surface area contributed by atoms with E-state index in [4.69, 9.17) is 4.52 Å². The summed E-state index contributed by atoms with van der Waals surface area (Å²) in [4.78, 5) is 12.7. The molecule has 0 aliphatic heterocycles. The predicted molar refractivity (Wildman–Crippen MR) is 117 cm³/mol. The molecule has 1 fully saturated rings. The third kappa shape index (κ3) is 5.41. The van der Waals surface area contributed by atoms with Gasteiger partial charge in [0.05, 0.1) is 10.6 Å². The Morgan fingerprint density at radius 1 is 1.13 bits per heavy atom. The van der Waals surface area contributed by atoms with Crippen LogP contribution in [0.25, 0.3) is 0 Å². The lowest BCUT2D eigenvalue weighted by atomic mass is 9.79. The number of unbranched alkanes of at least 4 members (excludes halogenated alkanes) is 1. The molecule has 164 valence electrons. The highest BCUT2D eigenvalue weighted by atomic mass is 32.2. The number of nitrogens with one attached hydrogen (secondary N) is 2. The van der Waals surface area contributed by atoms with Crippen molar-refractivity contribution in [2.75, 3.05) is 10.0 Å². The molecule has 2 aromatic rings. The quantitative estimate of drug-likeness (QED) is 0.608. The molecule has 7 nitrogen and oxygen atoms in total. The molecule has 0 saturated heterocycles. The van der Waals surface area contributed by atoms with Gasteiger partial charge in [-0.1, -0.05) is 31.3 Å². The Morgan fingerprint density at radius 2 is 1.80 bits per heavy atom. The minimum Gasteiger partial charge on any atom is -0.337 e. The fraction of sp³-hybridized carbons (Fsp3) is 0.545. The van der Waals surface area contributed by atoms with Crippen LogP contribution in [0, 0.1) is 25.7 Å². The summed E-state index contributed by atoms with van der Waals surface area (Å²) in [6, 6.07) is 6.16. The lowest BCUT2D eigenvalue weighted by Crippen LogP contribution is -2.27. The molecule has 1 aromatic heterocycles. The van der Waals surface area contributed by atoms with Crippen LogP contribution in [-0.4, -0.2) is 19.5 Å². The van der Waals surface area contributed by atoms with Crippen molar-refractivity contribution in [3.05, 3.63) is 35.5 Å². The molecule has 2 N–H and O–H groups in total. The van der Waals surface area contributed by atoms with Crippen molar-refractivity contribution in [1.82, 2.24) is 5.16 Å². The maximum Gasteiger partial charge on any atom is 0.264 e. The predicted octanol–water partition coefficient (Wildman–Crippen LogP) is 5.03. The van der Waals surface area contributed by atoms with Crippen molar-refractivity contribution in [2.45, 2.75) is 70.6 Å². The van der Waals surface area contributed by atoms with Gasteiger partial charge in [-0.2, -0.15) is 0 Å². The van der Waals surface area contributed by atoms with E-state index in [0.717, 1.165) is 31.6 Å². The Morgan fingerprint density at radius 3 is 2.37 bits per heavy atom. The van der Waals surface area contributed by atoms with Crippen molar-refractivity contribution in [3.8, 4) is 0 Å². The second kappa shape index (κ2) is 9.64. The van der Waals surface area contributed by atoms with E-state index < -0.39 is 10.0 Å². The van der Waals surface area contributed by atoms with Crippen LogP contribution in [0.15, 0.2) is 33.7 Å². The van der Waals surface area contributed by atoms with Crippen LogP contribution in [0.1, 0.15) is 63.1 Å². The van der Waals surface area contributed by atoms with Gasteiger partial charge in [-0.3, -0.25) is 4.79 Å². The summed E-state index contributed by atoms with van der Waals surface area (Å²) in [6.45, 7) is 5.69. The van der Waals surface area contributed by atoms with E-state index in [1.54, 1.807) is 26.0 Å². The lowest BCUT2D eigenvalue weighted by Gasteiger charge is -2.27. The molecule has 1 saturated carbocycles. The van der Waals surface area contributed by atoms with Gasteiger partial charge in [-0.15, -0.1) is 0 Å². The summed E-state index contributed by atoms with van der Waals surface area (Å²) >= 11 is 0. The fourth-order valence-electron chi connectivity index (χ4n) is 3.86. The summed E-state index contributed by atoms with van der Waals surface area (Å²) < 4.78 is 32.6. The normalized spacial score (nSPS) is 19.4. The largest absolute Gasteiger partial charge is 0.337 e. The Bertz CT molecular complexity index is 959.